The molecule has 0 aliphatic carbocycles. The minimum atomic E-state index is -0.255. The van der Waals surface area contributed by atoms with E-state index in [9.17, 15) is 4.79 Å². The number of aromatic nitrogens is 1. The first-order chi connectivity index (χ1) is 13.6. The van der Waals surface area contributed by atoms with Crippen molar-refractivity contribution in [3.05, 3.63) is 82.7 Å². The topological polar surface area (TPSA) is 54.0 Å². The first-order valence-electron chi connectivity index (χ1n) is 9.15. The number of carbonyl (C=O) groups is 1. The Labute approximate surface area is 168 Å². The van der Waals surface area contributed by atoms with Gasteiger partial charge < -0.3 is 5.32 Å². The minimum Gasteiger partial charge on any atom is -0.334 e. The number of hydrogen-bond donors (Lipinski definition) is 2. The zero-order chi connectivity index (χ0) is 19.5. The lowest BCUT2D eigenvalue weighted by atomic mass is 10.0. The molecule has 1 aromatic heterocycles. The van der Waals surface area contributed by atoms with E-state index in [1.807, 2.05) is 29.6 Å². The Morgan fingerprint density at radius 2 is 1.86 bits per heavy atom. The molecule has 4 nitrogen and oxygen atoms in total. The SMILES string of the molecule is Cc1ccc(C)c(-c2csc(NC(=O)NCc3cccc4ccccc34)n2)c1. The molecular weight excluding hydrogens is 366 g/mol. The van der Waals surface area contributed by atoms with Gasteiger partial charge in [-0.2, -0.15) is 0 Å². The molecule has 0 fully saturated rings. The molecule has 4 aromatic rings. The second-order valence-electron chi connectivity index (χ2n) is 6.80. The van der Waals surface area contributed by atoms with Crippen molar-refractivity contribution >= 4 is 33.3 Å². The van der Waals surface area contributed by atoms with E-state index >= 15 is 0 Å². The van der Waals surface area contributed by atoms with Crippen LogP contribution in [0.4, 0.5) is 9.93 Å². The smallest absolute Gasteiger partial charge is 0.321 e. The molecule has 140 valence electrons. The van der Waals surface area contributed by atoms with Crippen molar-refractivity contribution in [2.75, 3.05) is 5.32 Å². The first kappa shape index (κ1) is 18.2. The first-order valence-corrected chi connectivity index (χ1v) is 10.0. The van der Waals surface area contributed by atoms with Crippen molar-refractivity contribution in [3.63, 3.8) is 0 Å². The van der Waals surface area contributed by atoms with Gasteiger partial charge in [-0.05, 0) is 41.8 Å². The maximum absolute atomic E-state index is 12.3. The van der Waals surface area contributed by atoms with Crippen LogP contribution in [-0.4, -0.2) is 11.0 Å². The number of hydrogen-bond acceptors (Lipinski definition) is 3. The summed E-state index contributed by atoms with van der Waals surface area (Å²) >= 11 is 1.43. The quantitative estimate of drug-likeness (QED) is 0.458. The van der Waals surface area contributed by atoms with Gasteiger partial charge in [0, 0.05) is 17.5 Å². The highest BCUT2D eigenvalue weighted by Crippen LogP contribution is 2.28. The van der Waals surface area contributed by atoms with Crippen LogP contribution in [0.1, 0.15) is 16.7 Å². The number of nitrogens with zero attached hydrogens (tertiary/aromatic N) is 1. The number of thiazole rings is 1. The molecule has 0 spiro atoms. The largest absolute Gasteiger partial charge is 0.334 e. The Kier molecular flexibility index (Phi) is 5.08. The van der Waals surface area contributed by atoms with Crippen LogP contribution < -0.4 is 10.6 Å². The molecular formula is C23H21N3OS. The van der Waals surface area contributed by atoms with Crippen LogP contribution in [0.5, 0.6) is 0 Å². The van der Waals surface area contributed by atoms with Crippen molar-refractivity contribution in [2.24, 2.45) is 0 Å². The predicted octanol–water partition coefficient (Wildman–Crippen LogP) is 5.90. The normalized spacial score (nSPS) is 10.8. The lowest BCUT2D eigenvalue weighted by Gasteiger charge is -2.08. The molecule has 0 atom stereocenters. The molecule has 5 heteroatoms. The fourth-order valence-electron chi connectivity index (χ4n) is 3.23. The number of fused-ring (bicyclic) bond motifs is 1. The second kappa shape index (κ2) is 7.82. The average Bonchev–Trinajstić information content (AvgIpc) is 3.16. The molecule has 0 saturated heterocycles. The molecule has 1 heterocycles. The van der Waals surface area contributed by atoms with E-state index in [1.54, 1.807) is 0 Å². The van der Waals surface area contributed by atoms with Gasteiger partial charge in [-0.15, -0.1) is 11.3 Å². The maximum Gasteiger partial charge on any atom is 0.321 e. The molecule has 0 aliphatic rings. The highest BCUT2D eigenvalue weighted by molar-refractivity contribution is 7.14. The number of amides is 2. The van der Waals surface area contributed by atoms with Crippen LogP contribution in [0.25, 0.3) is 22.0 Å². The van der Waals surface area contributed by atoms with E-state index in [0.717, 1.165) is 22.2 Å². The maximum atomic E-state index is 12.3. The van der Waals surface area contributed by atoms with Gasteiger partial charge in [-0.3, -0.25) is 5.32 Å². The summed E-state index contributed by atoms with van der Waals surface area (Å²) in [6, 6.07) is 20.3. The standard InChI is InChI=1S/C23H21N3OS/c1-15-10-11-16(2)20(12-15)21-14-28-23(25-21)26-22(27)24-13-18-8-5-7-17-6-3-4-9-19(17)18/h3-12,14H,13H2,1-2H3,(H2,24,25,26,27). The number of aryl methyl sites for hydroxylation is 2. The van der Waals surface area contributed by atoms with E-state index in [2.05, 4.69) is 65.9 Å². The van der Waals surface area contributed by atoms with Gasteiger partial charge in [0.2, 0.25) is 0 Å². The van der Waals surface area contributed by atoms with Gasteiger partial charge in [0.1, 0.15) is 0 Å². The fraction of sp³-hybridized carbons (Fsp3) is 0.130. The van der Waals surface area contributed by atoms with Crippen LogP contribution in [0.2, 0.25) is 0 Å². The van der Waals surface area contributed by atoms with Crippen LogP contribution in [0.15, 0.2) is 66.0 Å². The summed E-state index contributed by atoms with van der Waals surface area (Å²) in [5, 5.41) is 10.6. The molecule has 3 aromatic carbocycles. The number of rotatable bonds is 4. The summed E-state index contributed by atoms with van der Waals surface area (Å²) in [6.07, 6.45) is 0. The van der Waals surface area contributed by atoms with Crippen molar-refractivity contribution in [1.82, 2.24) is 10.3 Å². The van der Waals surface area contributed by atoms with Gasteiger partial charge in [0.25, 0.3) is 0 Å². The van der Waals surface area contributed by atoms with Crippen LogP contribution in [0.3, 0.4) is 0 Å². The number of nitrogens with one attached hydrogen (secondary N) is 2. The summed E-state index contributed by atoms with van der Waals surface area (Å²) in [4.78, 5) is 16.9. The van der Waals surface area contributed by atoms with Crippen molar-refractivity contribution < 1.29 is 4.79 Å². The molecule has 0 unspecified atom stereocenters. The third-order valence-electron chi connectivity index (χ3n) is 4.71. The number of carbonyl (C=O) groups excluding carboxylic acids is 1. The molecule has 0 radical (unpaired) electrons. The Bertz CT molecular complexity index is 1140. The predicted molar refractivity (Wildman–Crippen MR) is 117 cm³/mol. The van der Waals surface area contributed by atoms with Gasteiger partial charge in [0.05, 0.1) is 5.69 Å². The van der Waals surface area contributed by atoms with Crippen LogP contribution in [-0.2, 0) is 6.54 Å². The molecule has 0 saturated carbocycles. The zero-order valence-electron chi connectivity index (χ0n) is 15.8. The Balaban J connectivity index is 1.43. The van der Waals surface area contributed by atoms with E-state index < -0.39 is 0 Å². The Morgan fingerprint density at radius 1 is 1.04 bits per heavy atom. The Hall–Kier alpha value is -3.18. The summed E-state index contributed by atoms with van der Waals surface area (Å²) in [5.41, 5.74) is 5.43. The summed E-state index contributed by atoms with van der Waals surface area (Å²) < 4.78 is 0. The van der Waals surface area contributed by atoms with Crippen molar-refractivity contribution in [2.45, 2.75) is 20.4 Å². The van der Waals surface area contributed by atoms with Crippen LogP contribution in [0, 0.1) is 13.8 Å². The highest BCUT2D eigenvalue weighted by Gasteiger charge is 2.10. The lowest BCUT2D eigenvalue weighted by Crippen LogP contribution is -2.28. The molecule has 28 heavy (non-hydrogen) atoms. The molecule has 2 amide bonds. The van der Waals surface area contributed by atoms with Gasteiger partial charge >= 0.3 is 6.03 Å². The van der Waals surface area contributed by atoms with E-state index in [-0.39, 0.29) is 6.03 Å². The highest BCUT2D eigenvalue weighted by atomic mass is 32.1. The lowest BCUT2D eigenvalue weighted by molar-refractivity contribution is 0.252. The van der Waals surface area contributed by atoms with Crippen LogP contribution >= 0.6 is 11.3 Å². The minimum absolute atomic E-state index is 0.255. The fourth-order valence-corrected chi connectivity index (χ4v) is 3.94. The second-order valence-corrected chi connectivity index (χ2v) is 7.66. The molecule has 2 N–H and O–H groups in total. The third kappa shape index (κ3) is 3.89. The Morgan fingerprint density at radius 3 is 2.75 bits per heavy atom. The number of urea groups is 1. The summed E-state index contributed by atoms with van der Waals surface area (Å²) in [6.45, 7) is 4.59. The van der Waals surface area contributed by atoms with E-state index in [1.165, 1.54) is 27.8 Å². The van der Waals surface area contributed by atoms with Gasteiger partial charge in [-0.1, -0.05) is 60.2 Å². The van der Waals surface area contributed by atoms with Crippen molar-refractivity contribution in [3.8, 4) is 11.3 Å². The molecule has 0 bridgehead atoms. The zero-order valence-corrected chi connectivity index (χ0v) is 16.6. The third-order valence-corrected chi connectivity index (χ3v) is 5.47. The molecule has 0 aliphatic heterocycles. The van der Waals surface area contributed by atoms with Crippen molar-refractivity contribution in [1.29, 1.82) is 0 Å². The number of anilines is 1. The summed E-state index contributed by atoms with van der Waals surface area (Å²) in [7, 11) is 0. The van der Waals surface area contributed by atoms with Gasteiger partial charge in [0.15, 0.2) is 5.13 Å². The number of benzene rings is 3. The average molecular weight is 388 g/mol. The van der Waals surface area contributed by atoms with Gasteiger partial charge in [-0.25, -0.2) is 9.78 Å². The van der Waals surface area contributed by atoms with E-state index in [4.69, 9.17) is 0 Å². The monoisotopic (exact) mass is 387 g/mol. The molecule has 4 rings (SSSR count). The van der Waals surface area contributed by atoms with E-state index in [0.29, 0.717) is 11.7 Å². The summed E-state index contributed by atoms with van der Waals surface area (Å²) in [5.74, 6) is 0.